The van der Waals surface area contributed by atoms with Crippen LogP contribution in [0.15, 0.2) is 18.2 Å². The zero-order valence-electron chi connectivity index (χ0n) is 8.06. The number of hydrogen-bond acceptors (Lipinski definition) is 1. The van der Waals surface area contributed by atoms with Gasteiger partial charge >= 0.3 is 0 Å². The largest absolute Gasteiger partial charge is 0.307 e. The highest BCUT2D eigenvalue weighted by Crippen LogP contribution is 2.28. The summed E-state index contributed by atoms with van der Waals surface area (Å²) in [5.74, 6) is -0.346. The van der Waals surface area contributed by atoms with E-state index < -0.39 is 0 Å². The van der Waals surface area contributed by atoms with Crippen LogP contribution in [0, 0.1) is 5.82 Å². The van der Waals surface area contributed by atoms with Crippen molar-refractivity contribution in [1.29, 1.82) is 0 Å². The van der Waals surface area contributed by atoms with E-state index in [1.165, 1.54) is 12.5 Å². The van der Waals surface area contributed by atoms with Crippen LogP contribution in [0.25, 0.3) is 0 Å². The molecule has 0 amide bonds. The summed E-state index contributed by atoms with van der Waals surface area (Å²) >= 11 is 5.73. The lowest BCUT2D eigenvalue weighted by atomic mass is 10.1. The van der Waals surface area contributed by atoms with Crippen LogP contribution >= 0.6 is 11.6 Å². The molecule has 1 N–H and O–H groups in total. The minimum atomic E-state index is -0.346. The summed E-state index contributed by atoms with van der Waals surface area (Å²) in [5.41, 5.74) is 1.08. The fourth-order valence-electron chi connectivity index (χ4n) is 1.92. The van der Waals surface area contributed by atoms with Crippen LogP contribution < -0.4 is 5.32 Å². The first-order chi connectivity index (χ1) is 6.66. The van der Waals surface area contributed by atoms with Gasteiger partial charge in [-0.15, -0.1) is 0 Å². The highest BCUT2D eigenvalue weighted by molar-refractivity contribution is 6.30. The van der Waals surface area contributed by atoms with Crippen LogP contribution in [-0.4, -0.2) is 6.04 Å². The Labute approximate surface area is 88.3 Å². The molecule has 0 aromatic heterocycles. The second kappa shape index (κ2) is 3.87. The normalized spacial score (nSPS) is 26.8. The van der Waals surface area contributed by atoms with Crippen LogP contribution in [0.4, 0.5) is 4.39 Å². The monoisotopic (exact) mass is 213 g/mol. The Hall–Kier alpha value is -0.600. The summed E-state index contributed by atoms with van der Waals surface area (Å²) in [6.45, 7) is 2.16. The molecule has 0 aliphatic carbocycles. The summed E-state index contributed by atoms with van der Waals surface area (Å²) in [4.78, 5) is 0. The summed E-state index contributed by atoms with van der Waals surface area (Å²) in [6.07, 6.45) is 2.27. The molecule has 0 saturated carbocycles. The molecule has 1 fully saturated rings. The first-order valence-electron chi connectivity index (χ1n) is 4.88. The van der Waals surface area contributed by atoms with E-state index in [9.17, 15) is 4.39 Å². The molecule has 1 aliphatic heterocycles. The van der Waals surface area contributed by atoms with Crippen molar-refractivity contribution < 1.29 is 4.39 Å². The van der Waals surface area contributed by atoms with Crippen molar-refractivity contribution in [1.82, 2.24) is 5.32 Å². The molecule has 76 valence electrons. The smallest absolute Gasteiger partial charge is 0.141 e. The number of nitrogens with one attached hydrogen (secondary N) is 1. The SMILES string of the molecule is C[C@H]1CC[C@H](c2ccc(F)c(Cl)c2)N1. The van der Waals surface area contributed by atoms with Crippen molar-refractivity contribution in [2.75, 3.05) is 0 Å². The Morgan fingerprint density at radius 3 is 2.79 bits per heavy atom. The maximum atomic E-state index is 12.9. The van der Waals surface area contributed by atoms with Gasteiger partial charge in [0.25, 0.3) is 0 Å². The molecule has 0 bridgehead atoms. The van der Waals surface area contributed by atoms with E-state index in [0.717, 1.165) is 12.0 Å². The Kier molecular flexibility index (Phi) is 2.75. The predicted molar refractivity (Wildman–Crippen MR) is 56.0 cm³/mol. The standard InChI is InChI=1S/C11H13ClFN/c1-7-2-5-11(14-7)8-3-4-10(13)9(12)6-8/h3-4,6-7,11,14H,2,5H2,1H3/t7-,11+/m0/s1. The molecule has 1 aromatic carbocycles. The van der Waals surface area contributed by atoms with E-state index in [1.807, 2.05) is 0 Å². The van der Waals surface area contributed by atoms with E-state index in [2.05, 4.69) is 12.2 Å². The van der Waals surface area contributed by atoms with Crippen molar-refractivity contribution in [3.63, 3.8) is 0 Å². The first kappa shape index (κ1) is 9.94. The maximum Gasteiger partial charge on any atom is 0.141 e. The Balaban J connectivity index is 2.20. The van der Waals surface area contributed by atoms with Crippen LogP contribution in [0.5, 0.6) is 0 Å². The Bertz CT molecular complexity index is 340. The fourth-order valence-corrected chi connectivity index (χ4v) is 2.11. The van der Waals surface area contributed by atoms with Gasteiger partial charge in [-0.3, -0.25) is 0 Å². The topological polar surface area (TPSA) is 12.0 Å². The molecule has 0 spiro atoms. The van der Waals surface area contributed by atoms with Gasteiger partial charge in [-0.05, 0) is 37.5 Å². The zero-order chi connectivity index (χ0) is 10.1. The third-order valence-electron chi connectivity index (χ3n) is 2.72. The minimum Gasteiger partial charge on any atom is -0.307 e. The van der Waals surface area contributed by atoms with Gasteiger partial charge in [0.2, 0.25) is 0 Å². The summed E-state index contributed by atoms with van der Waals surface area (Å²) in [5, 5.41) is 3.65. The second-order valence-corrected chi connectivity index (χ2v) is 4.28. The van der Waals surface area contributed by atoms with Gasteiger partial charge in [-0.1, -0.05) is 17.7 Å². The Morgan fingerprint density at radius 1 is 1.43 bits per heavy atom. The van der Waals surface area contributed by atoms with Crippen LogP contribution in [0.2, 0.25) is 5.02 Å². The highest BCUT2D eigenvalue weighted by atomic mass is 35.5. The van der Waals surface area contributed by atoms with Crippen molar-refractivity contribution in [2.45, 2.75) is 31.8 Å². The third kappa shape index (κ3) is 1.91. The lowest BCUT2D eigenvalue weighted by Gasteiger charge is -2.12. The van der Waals surface area contributed by atoms with E-state index in [0.29, 0.717) is 12.1 Å². The van der Waals surface area contributed by atoms with Crippen molar-refractivity contribution in [3.05, 3.63) is 34.6 Å². The molecule has 1 saturated heterocycles. The van der Waals surface area contributed by atoms with Gasteiger partial charge in [0.1, 0.15) is 5.82 Å². The molecule has 14 heavy (non-hydrogen) atoms. The van der Waals surface area contributed by atoms with Crippen molar-refractivity contribution >= 4 is 11.6 Å². The molecule has 0 unspecified atom stereocenters. The molecule has 2 rings (SSSR count). The molecule has 1 aromatic rings. The highest BCUT2D eigenvalue weighted by Gasteiger charge is 2.21. The third-order valence-corrected chi connectivity index (χ3v) is 3.01. The molecular weight excluding hydrogens is 201 g/mol. The van der Waals surface area contributed by atoms with Gasteiger partial charge < -0.3 is 5.32 Å². The van der Waals surface area contributed by atoms with Gasteiger partial charge in [0.05, 0.1) is 5.02 Å². The van der Waals surface area contributed by atoms with Gasteiger partial charge in [0.15, 0.2) is 0 Å². The summed E-state index contributed by atoms with van der Waals surface area (Å²) < 4.78 is 12.9. The molecule has 2 atom stereocenters. The Morgan fingerprint density at radius 2 is 2.21 bits per heavy atom. The van der Waals surface area contributed by atoms with Crippen molar-refractivity contribution in [3.8, 4) is 0 Å². The summed E-state index contributed by atoms with van der Waals surface area (Å²) in [6, 6.07) is 5.83. The predicted octanol–water partition coefficient (Wildman–Crippen LogP) is 3.29. The van der Waals surface area contributed by atoms with Gasteiger partial charge in [0, 0.05) is 12.1 Å². The van der Waals surface area contributed by atoms with Gasteiger partial charge in [-0.25, -0.2) is 4.39 Å². The molecular formula is C11H13ClFN. The van der Waals surface area contributed by atoms with E-state index >= 15 is 0 Å². The molecule has 1 aliphatic rings. The molecule has 1 nitrogen and oxygen atoms in total. The van der Waals surface area contributed by atoms with Gasteiger partial charge in [-0.2, -0.15) is 0 Å². The fraction of sp³-hybridized carbons (Fsp3) is 0.455. The van der Waals surface area contributed by atoms with Crippen molar-refractivity contribution in [2.24, 2.45) is 0 Å². The van der Waals surface area contributed by atoms with Crippen LogP contribution in [0.3, 0.4) is 0 Å². The number of rotatable bonds is 1. The van der Waals surface area contributed by atoms with E-state index in [1.54, 1.807) is 12.1 Å². The molecule has 3 heteroatoms. The quantitative estimate of drug-likeness (QED) is 0.755. The lowest BCUT2D eigenvalue weighted by molar-refractivity contribution is 0.581. The average molecular weight is 214 g/mol. The van der Waals surface area contributed by atoms with Crippen LogP contribution in [-0.2, 0) is 0 Å². The number of halogens is 2. The average Bonchev–Trinajstić information content (AvgIpc) is 2.57. The van der Waals surface area contributed by atoms with E-state index in [-0.39, 0.29) is 10.8 Å². The molecule has 0 radical (unpaired) electrons. The first-order valence-corrected chi connectivity index (χ1v) is 5.25. The number of benzene rings is 1. The van der Waals surface area contributed by atoms with Crippen LogP contribution in [0.1, 0.15) is 31.4 Å². The minimum absolute atomic E-state index is 0.212. The maximum absolute atomic E-state index is 12.9. The number of hydrogen-bond donors (Lipinski definition) is 1. The molecule has 1 heterocycles. The lowest BCUT2D eigenvalue weighted by Crippen LogP contribution is -2.20. The summed E-state index contributed by atoms with van der Waals surface area (Å²) in [7, 11) is 0. The second-order valence-electron chi connectivity index (χ2n) is 3.87. The van der Waals surface area contributed by atoms with E-state index in [4.69, 9.17) is 11.6 Å². The zero-order valence-corrected chi connectivity index (χ0v) is 8.81.